The number of carbonyl (C=O) groups is 2. The molecule has 32 heavy (non-hydrogen) atoms. The molecule has 1 N–H and O–H groups in total. The lowest BCUT2D eigenvalue weighted by Crippen LogP contribution is -2.51. The highest BCUT2D eigenvalue weighted by molar-refractivity contribution is 7.92. The van der Waals surface area contributed by atoms with Gasteiger partial charge in [-0.15, -0.1) is 0 Å². The van der Waals surface area contributed by atoms with E-state index in [1.54, 1.807) is 25.1 Å². The highest BCUT2D eigenvalue weighted by Gasteiger charge is 2.30. The number of amides is 2. The van der Waals surface area contributed by atoms with Gasteiger partial charge in [-0.05, 0) is 43.5 Å². The van der Waals surface area contributed by atoms with Crippen LogP contribution in [0.5, 0.6) is 5.75 Å². The molecule has 2 amide bonds. The Bertz CT molecular complexity index is 1040. The van der Waals surface area contributed by atoms with Gasteiger partial charge in [-0.2, -0.15) is 0 Å². The summed E-state index contributed by atoms with van der Waals surface area (Å²) in [6, 6.07) is 13.9. The number of likely N-dealkylation sites (N-methyl/N-ethyl adjacent to an activating group) is 1. The van der Waals surface area contributed by atoms with Crippen molar-refractivity contribution in [3.05, 3.63) is 59.7 Å². The first-order chi connectivity index (χ1) is 15.1. The molecule has 9 heteroatoms. The lowest BCUT2D eigenvalue weighted by atomic mass is 10.1. The Kier molecular flexibility index (Phi) is 8.65. The summed E-state index contributed by atoms with van der Waals surface area (Å²) in [7, 11) is -0.869. The van der Waals surface area contributed by atoms with Gasteiger partial charge >= 0.3 is 0 Å². The second kappa shape index (κ2) is 11.0. The third kappa shape index (κ3) is 6.46. The van der Waals surface area contributed by atoms with Crippen molar-refractivity contribution in [1.29, 1.82) is 0 Å². The van der Waals surface area contributed by atoms with Crippen LogP contribution in [-0.4, -0.2) is 64.7 Å². The van der Waals surface area contributed by atoms with Gasteiger partial charge in [0.15, 0.2) is 0 Å². The van der Waals surface area contributed by atoms with E-state index in [0.29, 0.717) is 12.2 Å². The number of carbonyl (C=O) groups excluding carboxylic acids is 2. The maximum atomic E-state index is 13.3. The van der Waals surface area contributed by atoms with Crippen molar-refractivity contribution in [2.75, 3.05) is 37.8 Å². The SMILES string of the molecule is CNC(=O)[C@H](C)N(CCc1ccccc1)C(=O)CN(c1cc(C)ccc1OC)S(C)(=O)=O. The zero-order valence-electron chi connectivity index (χ0n) is 19.2. The number of benzene rings is 2. The maximum absolute atomic E-state index is 13.3. The van der Waals surface area contributed by atoms with Crippen molar-refractivity contribution >= 4 is 27.5 Å². The molecule has 1 atom stereocenters. The molecule has 0 saturated carbocycles. The summed E-state index contributed by atoms with van der Waals surface area (Å²) in [5.41, 5.74) is 2.11. The van der Waals surface area contributed by atoms with Gasteiger partial charge in [0.2, 0.25) is 21.8 Å². The number of anilines is 1. The third-order valence-corrected chi connectivity index (χ3v) is 6.31. The summed E-state index contributed by atoms with van der Waals surface area (Å²) in [6.07, 6.45) is 1.57. The molecular formula is C23H31N3O5S. The molecule has 0 aliphatic carbocycles. The fourth-order valence-electron chi connectivity index (χ4n) is 3.37. The van der Waals surface area contributed by atoms with Gasteiger partial charge in [-0.25, -0.2) is 8.42 Å². The van der Waals surface area contributed by atoms with E-state index >= 15 is 0 Å². The first-order valence-corrected chi connectivity index (χ1v) is 12.1. The molecular weight excluding hydrogens is 430 g/mol. The van der Waals surface area contributed by atoms with E-state index in [-0.39, 0.29) is 18.1 Å². The van der Waals surface area contributed by atoms with E-state index in [0.717, 1.165) is 21.7 Å². The Balaban J connectivity index is 2.37. The van der Waals surface area contributed by atoms with Gasteiger partial charge in [-0.1, -0.05) is 36.4 Å². The molecule has 0 spiro atoms. The highest BCUT2D eigenvalue weighted by Crippen LogP contribution is 2.31. The molecule has 174 valence electrons. The molecule has 2 aromatic carbocycles. The minimum Gasteiger partial charge on any atom is -0.495 e. The predicted molar refractivity (Wildman–Crippen MR) is 125 cm³/mol. The van der Waals surface area contributed by atoms with Gasteiger partial charge in [0.25, 0.3) is 0 Å². The van der Waals surface area contributed by atoms with E-state index in [4.69, 9.17) is 4.74 Å². The lowest BCUT2D eigenvalue weighted by molar-refractivity contribution is -0.138. The lowest BCUT2D eigenvalue weighted by Gasteiger charge is -2.31. The van der Waals surface area contributed by atoms with Gasteiger partial charge in [-0.3, -0.25) is 13.9 Å². The molecule has 0 fully saturated rings. The average molecular weight is 462 g/mol. The van der Waals surface area contributed by atoms with Crippen molar-refractivity contribution in [2.45, 2.75) is 26.3 Å². The minimum atomic E-state index is -3.81. The zero-order valence-corrected chi connectivity index (χ0v) is 20.0. The Labute approximate surface area is 190 Å². The second-order valence-electron chi connectivity index (χ2n) is 7.56. The quantitative estimate of drug-likeness (QED) is 0.584. The maximum Gasteiger partial charge on any atom is 0.244 e. The second-order valence-corrected chi connectivity index (χ2v) is 9.46. The van der Waals surface area contributed by atoms with Crippen molar-refractivity contribution in [2.24, 2.45) is 0 Å². The monoisotopic (exact) mass is 461 g/mol. The van der Waals surface area contributed by atoms with Crippen LogP contribution in [0.1, 0.15) is 18.1 Å². The molecule has 0 radical (unpaired) electrons. The Morgan fingerprint density at radius 1 is 1.12 bits per heavy atom. The fourth-order valence-corrected chi connectivity index (χ4v) is 4.21. The number of rotatable bonds is 10. The smallest absolute Gasteiger partial charge is 0.244 e. The molecule has 0 aliphatic rings. The van der Waals surface area contributed by atoms with Crippen molar-refractivity contribution in [1.82, 2.24) is 10.2 Å². The molecule has 0 heterocycles. The number of nitrogens with zero attached hydrogens (tertiary/aromatic N) is 2. The summed E-state index contributed by atoms with van der Waals surface area (Å²) in [5, 5.41) is 2.55. The van der Waals surface area contributed by atoms with Gasteiger partial charge in [0, 0.05) is 13.6 Å². The number of aryl methyl sites for hydroxylation is 1. The van der Waals surface area contributed by atoms with Crippen LogP contribution < -0.4 is 14.4 Å². The molecule has 0 aromatic heterocycles. The summed E-state index contributed by atoms with van der Waals surface area (Å²) in [6.45, 7) is 3.26. The Morgan fingerprint density at radius 2 is 1.78 bits per heavy atom. The number of ether oxygens (including phenoxy) is 1. The van der Waals surface area contributed by atoms with Gasteiger partial charge in [0.1, 0.15) is 18.3 Å². The van der Waals surface area contributed by atoms with Crippen LogP contribution in [0.2, 0.25) is 0 Å². The molecule has 8 nitrogen and oxygen atoms in total. The third-order valence-electron chi connectivity index (χ3n) is 5.18. The largest absolute Gasteiger partial charge is 0.495 e. The Morgan fingerprint density at radius 3 is 2.34 bits per heavy atom. The average Bonchev–Trinajstić information content (AvgIpc) is 2.76. The van der Waals surface area contributed by atoms with Gasteiger partial charge in [0.05, 0.1) is 19.1 Å². The van der Waals surface area contributed by atoms with Crippen LogP contribution in [0, 0.1) is 6.92 Å². The number of hydrogen-bond donors (Lipinski definition) is 1. The van der Waals surface area contributed by atoms with E-state index in [9.17, 15) is 18.0 Å². The molecule has 2 rings (SSSR count). The van der Waals surface area contributed by atoms with Gasteiger partial charge < -0.3 is 15.0 Å². The van der Waals surface area contributed by atoms with E-state index < -0.39 is 28.5 Å². The van der Waals surface area contributed by atoms with Crippen LogP contribution in [0.3, 0.4) is 0 Å². The van der Waals surface area contributed by atoms with Crippen LogP contribution in [0.15, 0.2) is 48.5 Å². The van der Waals surface area contributed by atoms with Crippen molar-refractivity contribution in [3.8, 4) is 5.75 Å². The summed E-state index contributed by atoms with van der Waals surface area (Å²) >= 11 is 0. The minimum absolute atomic E-state index is 0.264. The van der Waals surface area contributed by atoms with Crippen LogP contribution >= 0.6 is 0 Å². The summed E-state index contributed by atoms with van der Waals surface area (Å²) < 4.78 is 31.6. The highest BCUT2D eigenvalue weighted by atomic mass is 32.2. The van der Waals surface area contributed by atoms with Crippen LogP contribution in [0.4, 0.5) is 5.69 Å². The molecule has 0 bridgehead atoms. The van der Waals surface area contributed by atoms with Crippen molar-refractivity contribution < 1.29 is 22.7 Å². The Hall–Kier alpha value is -3.07. The standard InChI is InChI=1S/C23H31N3O5S/c1-17-11-12-21(31-4)20(15-17)26(32(5,29)30)16-22(27)25(18(2)23(28)24-3)14-13-19-9-7-6-8-10-19/h6-12,15,18H,13-14,16H2,1-5H3,(H,24,28)/t18-/m0/s1. The molecule has 0 saturated heterocycles. The number of sulfonamides is 1. The van der Waals surface area contributed by atoms with Crippen LogP contribution in [0.25, 0.3) is 0 Å². The zero-order chi connectivity index (χ0) is 23.9. The summed E-state index contributed by atoms with van der Waals surface area (Å²) in [4.78, 5) is 27.1. The first kappa shape index (κ1) is 25.2. The topological polar surface area (TPSA) is 96.0 Å². The number of methoxy groups -OCH3 is 1. The molecule has 0 unspecified atom stereocenters. The summed E-state index contributed by atoms with van der Waals surface area (Å²) in [5.74, 6) is -0.472. The fraction of sp³-hybridized carbons (Fsp3) is 0.391. The first-order valence-electron chi connectivity index (χ1n) is 10.3. The van der Waals surface area contributed by atoms with E-state index in [2.05, 4.69) is 5.32 Å². The van der Waals surface area contributed by atoms with E-state index in [1.807, 2.05) is 37.3 Å². The predicted octanol–water partition coefficient (Wildman–Crippen LogP) is 1.98. The van der Waals surface area contributed by atoms with E-state index in [1.165, 1.54) is 19.1 Å². The normalized spacial score (nSPS) is 12.0. The van der Waals surface area contributed by atoms with Crippen molar-refractivity contribution in [3.63, 3.8) is 0 Å². The number of hydrogen-bond acceptors (Lipinski definition) is 5. The van der Waals surface area contributed by atoms with Crippen LogP contribution in [-0.2, 0) is 26.0 Å². The molecule has 2 aromatic rings. The molecule has 0 aliphatic heterocycles. The number of nitrogens with one attached hydrogen (secondary N) is 1.